The number of amides is 1. The Balaban J connectivity index is 1.51. The first-order chi connectivity index (χ1) is 12.3. The molecule has 0 unspecified atom stereocenters. The molecular formula is C19H21N5O. The standard InChI is InChI=1S/C19H21N5O/c1-2-15-14-17(21-18-8-9-20-24(15)18)19(25)23-12-10-22(11-13-23)16-6-4-3-5-7-16/h3-9,14H,2,10-13H2,1H3. The van der Waals surface area contributed by atoms with Crippen LogP contribution in [0.4, 0.5) is 5.69 Å². The minimum Gasteiger partial charge on any atom is -0.368 e. The van der Waals surface area contributed by atoms with Gasteiger partial charge < -0.3 is 9.80 Å². The zero-order valence-electron chi connectivity index (χ0n) is 14.3. The Morgan fingerprint density at radius 2 is 1.84 bits per heavy atom. The van der Waals surface area contributed by atoms with Crippen LogP contribution in [-0.2, 0) is 6.42 Å². The normalized spacial score (nSPS) is 14.9. The number of rotatable bonds is 3. The molecule has 1 saturated heterocycles. The summed E-state index contributed by atoms with van der Waals surface area (Å²) in [6.07, 6.45) is 2.52. The molecule has 1 fully saturated rings. The molecule has 0 radical (unpaired) electrons. The van der Waals surface area contributed by atoms with Crippen molar-refractivity contribution in [3.8, 4) is 0 Å². The van der Waals surface area contributed by atoms with Gasteiger partial charge in [0.15, 0.2) is 5.65 Å². The van der Waals surface area contributed by atoms with Crippen molar-refractivity contribution in [1.82, 2.24) is 19.5 Å². The molecule has 0 saturated carbocycles. The second kappa shape index (κ2) is 6.55. The van der Waals surface area contributed by atoms with Crippen LogP contribution in [0, 0.1) is 0 Å². The lowest BCUT2D eigenvalue weighted by atomic mass is 10.2. The van der Waals surface area contributed by atoms with E-state index in [2.05, 4.69) is 34.0 Å². The number of hydrogen-bond donors (Lipinski definition) is 0. The van der Waals surface area contributed by atoms with Crippen molar-refractivity contribution in [2.24, 2.45) is 0 Å². The van der Waals surface area contributed by atoms with Gasteiger partial charge in [-0.3, -0.25) is 4.79 Å². The Labute approximate surface area is 146 Å². The van der Waals surface area contributed by atoms with Gasteiger partial charge in [-0.25, -0.2) is 9.50 Å². The maximum absolute atomic E-state index is 12.9. The molecule has 0 spiro atoms. The van der Waals surface area contributed by atoms with Crippen LogP contribution in [0.1, 0.15) is 23.1 Å². The molecule has 0 N–H and O–H groups in total. The first-order valence-electron chi connectivity index (χ1n) is 8.69. The zero-order chi connectivity index (χ0) is 17.2. The van der Waals surface area contributed by atoms with Crippen LogP contribution in [-0.4, -0.2) is 51.6 Å². The van der Waals surface area contributed by atoms with Crippen molar-refractivity contribution in [1.29, 1.82) is 0 Å². The van der Waals surface area contributed by atoms with Crippen molar-refractivity contribution in [3.05, 3.63) is 60.0 Å². The molecule has 6 heteroatoms. The van der Waals surface area contributed by atoms with Crippen LogP contribution in [0.2, 0.25) is 0 Å². The van der Waals surface area contributed by atoms with Crippen LogP contribution in [0.3, 0.4) is 0 Å². The van der Waals surface area contributed by atoms with E-state index in [0.29, 0.717) is 18.8 Å². The highest BCUT2D eigenvalue weighted by molar-refractivity contribution is 5.93. The largest absolute Gasteiger partial charge is 0.368 e. The van der Waals surface area contributed by atoms with Crippen molar-refractivity contribution < 1.29 is 4.79 Å². The van der Waals surface area contributed by atoms with E-state index in [0.717, 1.165) is 30.9 Å². The Kier molecular flexibility index (Phi) is 4.09. The average molecular weight is 335 g/mol. The summed E-state index contributed by atoms with van der Waals surface area (Å²) in [5.74, 6) is 0.00566. The molecule has 1 aromatic carbocycles. The topological polar surface area (TPSA) is 53.7 Å². The summed E-state index contributed by atoms with van der Waals surface area (Å²) in [6, 6.07) is 14.0. The highest BCUT2D eigenvalue weighted by atomic mass is 16.2. The van der Waals surface area contributed by atoms with E-state index in [9.17, 15) is 4.79 Å². The van der Waals surface area contributed by atoms with Gasteiger partial charge in [0.05, 0.1) is 6.20 Å². The molecule has 3 heterocycles. The second-order valence-corrected chi connectivity index (χ2v) is 6.20. The van der Waals surface area contributed by atoms with Gasteiger partial charge in [-0.1, -0.05) is 25.1 Å². The SMILES string of the molecule is CCc1cc(C(=O)N2CCN(c3ccccc3)CC2)nc2ccnn12. The first-order valence-corrected chi connectivity index (χ1v) is 8.69. The molecule has 1 aliphatic rings. The lowest BCUT2D eigenvalue weighted by Crippen LogP contribution is -2.49. The van der Waals surface area contributed by atoms with Gasteiger partial charge in [0.2, 0.25) is 0 Å². The summed E-state index contributed by atoms with van der Waals surface area (Å²) in [6.45, 7) is 5.16. The number of aryl methyl sites for hydroxylation is 1. The van der Waals surface area contributed by atoms with E-state index in [4.69, 9.17) is 0 Å². The van der Waals surface area contributed by atoms with Crippen LogP contribution in [0.5, 0.6) is 0 Å². The molecular weight excluding hydrogens is 314 g/mol. The molecule has 4 rings (SSSR count). The molecule has 1 amide bonds. The number of benzene rings is 1. The maximum Gasteiger partial charge on any atom is 0.272 e. The van der Waals surface area contributed by atoms with Gasteiger partial charge in [-0.15, -0.1) is 0 Å². The first kappa shape index (κ1) is 15.6. The van der Waals surface area contributed by atoms with Gasteiger partial charge in [0.25, 0.3) is 5.91 Å². The average Bonchev–Trinajstić information content (AvgIpc) is 3.16. The Morgan fingerprint density at radius 3 is 2.56 bits per heavy atom. The van der Waals surface area contributed by atoms with E-state index < -0.39 is 0 Å². The third-order valence-corrected chi connectivity index (χ3v) is 4.70. The summed E-state index contributed by atoms with van der Waals surface area (Å²) in [5.41, 5.74) is 3.45. The van der Waals surface area contributed by atoms with Crippen LogP contribution >= 0.6 is 0 Å². The number of nitrogens with zero attached hydrogens (tertiary/aromatic N) is 5. The van der Waals surface area contributed by atoms with Crippen molar-refractivity contribution in [2.45, 2.75) is 13.3 Å². The summed E-state index contributed by atoms with van der Waals surface area (Å²) in [7, 11) is 0. The summed E-state index contributed by atoms with van der Waals surface area (Å²) >= 11 is 0. The lowest BCUT2D eigenvalue weighted by molar-refractivity contribution is 0.0741. The van der Waals surface area contributed by atoms with E-state index in [1.54, 1.807) is 10.7 Å². The maximum atomic E-state index is 12.9. The molecule has 0 bridgehead atoms. The van der Waals surface area contributed by atoms with Gasteiger partial charge in [-0.05, 0) is 24.6 Å². The fourth-order valence-corrected chi connectivity index (χ4v) is 3.31. The number of carbonyl (C=O) groups is 1. The number of aromatic nitrogens is 3. The molecule has 0 atom stereocenters. The molecule has 25 heavy (non-hydrogen) atoms. The number of para-hydroxylation sites is 1. The third-order valence-electron chi connectivity index (χ3n) is 4.70. The quantitative estimate of drug-likeness (QED) is 0.737. The Hall–Kier alpha value is -2.89. The summed E-state index contributed by atoms with van der Waals surface area (Å²) in [5, 5.41) is 4.27. The highest BCUT2D eigenvalue weighted by Crippen LogP contribution is 2.17. The predicted molar refractivity (Wildman–Crippen MR) is 96.9 cm³/mol. The fraction of sp³-hybridized carbons (Fsp3) is 0.316. The van der Waals surface area contributed by atoms with Gasteiger partial charge in [0, 0.05) is 43.6 Å². The fourth-order valence-electron chi connectivity index (χ4n) is 3.31. The number of fused-ring (bicyclic) bond motifs is 1. The van der Waals surface area contributed by atoms with Crippen LogP contribution in [0.25, 0.3) is 5.65 Å². The minimum atomic E-state index is 0.00566. The van der Waals surface area contributed by atoms with Crippen LogP contribution < -0.4 is 4.90 Å². The number of anilines is 1. The molecule has 0 aliphatic carbocycles. The third kappa shape index (κ3) is 2.95. The molecule has 2 aromatic heterocycles. The van der Waals surface area contributed by atoms with E-state index >= 15 is 0 Å². The van der Waals surface area contributed by atoms with E-state index in [-0.39, 0.29) is 5.91 Å². The van der Waals surface area contributed by atoms with Crippen molar-refractivity contribution in [3.63, 3.8) is 0 Å². The van der Waals surface area contributed by atoms with E-state index in [1.807, 2.05) is 35.2 Å². The summed E-state index contributed by atoms with van der Waals surface area (Å²) < 4.78 is 1.80. The van der Waals surface area contributed by atoms with Gasteiger partial charge >= 0.3 is 0 Å². The molecule has 128 valence electrons. The van der Waals surface area contributed by atoms with Crippen molar-refractivity contribution >= 4 is 17.2 Å². The molecule has 6 nitrogen and oxygen atoms in total. The highest BCUT2D eigenvalue weighted by Gasteiger charge is 2.24. The van der Waals surface area contributed by atoms with Crippen molar-refractivity contribution in [2.75, 3.05) is 31.1 Å². The second-order valence-electron chi connectivity index (χ2n) is 6.20. The summed E-state index contributed by atoms with van der Waals surface area (Å²) in [4.78, 5) is 21.6. The van der Waals surface area contributed by atoms with E-state index in [1.165, 1.54) is 5.69 Å². The van der Waals surface area contributed by atoms with Gasteiger partial charge in [-0.2, -0.15) is 5.10 Å². The monoisotopic (exact) mass is 335 g/mol. The minimum absolute atomic E-state index is 0.00566. The Morgan fingerprint density at radius 1 is 1.08 bits per heavy atom. The Bertz CT molecular complexity index is 881. The van der Waals surface area contributed by atoms with Gasteiger partial charge in [0.1, 0.15) is 5.69 Å². The smallest absolute Gasteiger partial charge is 0.272 e. The number of hydrogen-bond acceptors (Lipinski definition) is 4. The predicted octanol–water partition coefficient (Wildman–Crippen LogP) is 2.25. The zero-order valence-corrected chi connectivity index (χ0v) is 14.3. The molecule has 3 aromatic rings. The number of piperazine rings is 1. The number of carbonyl (C=O) groups excluding carboxylic acids is 1. The molecule has 1 aliphatic heterocycles. The van der Waals surface area contributed by atoms with Crippen LogP contribution in [0.15, 0.2) is 48.7 Å². The lowest BCUT2D eigenvalue weighted by Gasteiger charge is -2.36.